The summed E-state index contributed by atoms with van der Waals surface area (Å²) in [5.74, 6) is -0.251. The van der Waals surface area contributed by atoms with Crippen LogP contribution in [0.5, 0.6) is 0 Å². The normalized spacial score (nSPS) is 10.9. The van der Waals surface area contributed by atoms with Crippen LogP contribution >= 0.6 is 34.8 Å². The van der Waals surface area contributed by atoms with E-state index in [1.165, 1.54) is 6.07 Å². The summed E-state index contributed by atoms with van der Waals surface area (Å²) in [6.45, 7) is 0. The van der Waals surface area contributed by atoms with Crippen LogP contribution in [0.25, 0.3) is 11.0 Å². The Kier molecular flexibility index (Phi) is 3.42. The van der Waals surface area contributed by atoms with Crippen LogP contribution in [-0.4, -0.2) is 15.8 Å². The van der Waals surface area contributed by atoms with Crippen LogP contribution in [0, 0.1) is 0 Å². The van der Waals surface area contributed by atoms with Gasteiger partial charge in [0.2, 0.25) is 0 Å². The second-order valence-corrected chi connectivity index (χ2v) is 5.42. The Hall–Kier alpha value is -1.55. The highest BCUT2D eigenvalue weighted by molar-refractivity contribution is 6.39. The molecule has 3 nitrogen and oxygen atoms in total. The maximum atomic E-state index is 12.6. The standard InChI is InChI=1S/C14H7Cl3N2O/c15-7-1-2-10(16)8(5-7)13(20)9-6-19-14-12(9)11(17)3-4-18-14/h1-6H,(H,18,19). The first-order valence-electron chi connectivity index (χ1n) is 5.69. The molecule has 100 valence electrons. The number of fused-ring (bicyclic) bond motifs is 1. The average Bonchev–Trinajstić information content (AvgIpc) is 2.86. The predicted octanol–water partition coefficient (Wildman–Crippen LogP) is 4.75. The number of ketones is 1. The number of rotatable bonds is 2. The van der Waals surface area contributed by atoms with E-state index in [1.54, 1.807) is 30.6 Å². The van der Waals surface area contributed by atoms with E-state index in [1.807, 2.05) is 0 Å². The minimum atomic E-state index is -0.251. The number of aromatic amines is 1. The average molecular weight is 326 g/mol. The SMILES string of the molecule is O=C(c1cc(Cl)ccc1Cl)c1c[nH]c2nccc(Cl)c12. The van der Waals surface area contributed by atoms with Gasteiger partial charge in [-0.05, 0) is 24.3 Å². The lowest BCUT2D eigenvalue weighted by atomic mass is 10.0. The monoisotopic (exact) mass is 324 g/mol. The summed E-state index contributed by atoms with van der Waals surface area (Å²) in [6.07, 6.45) is 3.14. The Balaban J connectivity index is 2.21. The first kappa shape index (κ1) is 13.4. The molecular weight excluding hydrogens is 319 g/mol. The highest BCUT2D eigenvalue weighted by Crippen LogP contribution is 2.29. The second-order valence-electron chi connectivity index (χ2n) is 4.17. The first-order chi connectivity index (χ1) is 9.58. The van der Waals surface area contributed by atoms with Gasteiger partial charge in [-0.25, -0.2) is 4.98 Å². The molecule has 20 heavy (non-hydrogen) atoms. The van der Waals surface area contributed by atoms with Gasteiger partial charge in [-0.15, -0.1) is 0 Å². The van der Waals surface area contributed by atoms with Crippen molar-refractivity contribution < 1.29 is 4.79 Å². The molecule has 0 saturated carbocycles. The van der Waals surface area contributed by atoms with E-state index < -0.39 is 0 Å². The van der Waals surface area contributed by atoms with Gasteiger partial charge in [0.15, 0.2) is 5.78 Å². The fourth-order valence-electron chi connectivity index (χ4n) is 2.01. The van der Waals surface area contributed by atoms with Crippen molar-refractivity contribution in [2.75, 3.05) is 0 Å². The summed E-state index contributed by atoms with van der Waals surface area (Å²) in [4.78, 5) is 19.6. The summed E-state index contributed by atoms with van der Waals surface area (Å²) in [5, 5.41) is 1.82. The number of carbonyl (C=O) groups excluding carboxylic acids is 1. The third-order valence-electron chi connectivity index (χ3n) is 2.94. The molecule has 0 aliphatic rings. The van der Waals surface area contributed by atoms with E-state index in [0.717, 1.165) is 0 Å². The van der Waals surface area contributed by atoms with E-state index in [0.29, 0.717) is 37.2 Å². The molecule has 0 aliphatic carbocycles. The fourth-order valence-corrected chi connectivity index (χ4v) is 2.64. The smallest absolute Gasteiger partial charge is 0.196 e. The van der Waals surface area contributed by atoms with Gasteiger partial charge < -0.3 is 4.98 Å². The molecule has 6 heteroatoms. The zero-order chi connectivity index (χ0) is 14.3. The molecule has 0 amide bonds. The molecule has 0 radical (unpaired) electrons. The van der Waals surface area contributed by atoms with Crippen LogP contribution < -0.4 is 0 Å². The maximum absolute atomic E-state index is 12.6. The van der Waals surface area contributed by atoms with Crippen molar-refractivity contribution in [1.82, 2.24) is 9.97 Å². The quantitative estimate of drug-likeness (QED) is 0.691. The van der Waals surface area contributed by atoms with E-state index in [2.05, 4.69) is 9.97 Å². The number of carbonyl (C=O) groups is 1. The lowest BCUT2D eigenvalue weighted by molar-refractivity contribution is 0.104. The second kappa shape index (κ2) is 5.09. The van der Waals surface area contributed by atoms with Gasteiger partial charge in [0.1, 0.15) is 5.65 Å². The summed E-state index contributed by atoms with van der Waals surface area (Å²) in [7, 11) is 0. The van der Waals surface area contributed by atoms with E-state index in [4.69, 9.17) is 34.8 Å². The predicted molar refractivity (Wildman–Crippen MR) is 81.0 cm³/mol. The highest BCUT2D eigenvalue weighted by Gasteiger charge is 2.19. The molecule has 0 bridgehead atoms. The molecule has 1 N–H and O–H groups in total. The molecule has 0 spiro atoms. The molecule has 2 heterocycles. The lowest BCUT2D eigenvalue weighted by Crippen LogP contribution is -2.01. The molecular formula is C14H7Cl3N2O. The first-order valence-corrected chi connectivity index (χ1v) is 6.82. The number of nitrogens with one attached hydrogen (secondary N) is 1. The number of aromatic nitrogens is 2. The third kappa shape index (κ3) is 2.18. The summed E-state index contributed by atoms with van der Waals surface area (Å²) >= 11 is 18.1. The van der Waals surface area contributed by atoms with Crippen molar-refractivity contribution in [3.05, 3.63) is 62.9 Å². The van der Waals surface area contributed by atoms with Crippen LogP contribution in [0.2, 0.25) is 15.1 Å². The van der Waals surface area contributed by atoms with Gasteiger partial charge in [0, 0.05) is 28.4 Å². The van der Waals surface area contributed by atoms with Crippen LogP contribution in [0.3, 0.4) is 0 Å². The Morgan fingerprint density at radius 2 is 1.85 bits per heavy atom. The fraction of sp³-hybridized carbons (Fsp3) is 0. The van der Waals surface area contributed by atoms with Crippen molar-refractivity contribution in [1.29, 1.82) is 0 Å². The van der Waals surface area contributed by atoms with E-state index in [9.17, 15) is 4.79 Å². The maximum Gasteiger partial charge on any atom is 0.196 e. The summed E-state index contributed by atoms with van der Waals surface area (Å²) in [5.41, 5.74) is 1.31. The van der Waals surface area contributed by atoms with Crippen molar-refractivity contribution in [3.8, 4) is 0 Å². The number of H-pyrrole nitrogens is 1. The highest BCUT2D eigenvalue weighted by atomic mass is 35.5. The number of hydrogen-bond acceptors (Lipinski definition) is 2. The van der Waals surface area contributed by atoms with Gasteiger partial charge in [0.05, 0.1) is 15.6 Å². The summed E-state index contributed by atoms with van der Waals surface area (Å²) in [6, 6.07) is 6.39. The number of nitrogens with zero attached hydrogens (tertiary/aromatic N) is 1. The van der Waals surface area contributed by atoms with Crippen LogP contribution in [0.4, 0.5) is 0 Å². The van der Waals surface area contributed by atoms with Gasteiger partial charge in [-0.1, -0.05) is 34.8 Å². The molecule has 2 aromatic heterocycles. The third-order valence-corrected chi connectivity index (χ3v) is 3.82. The topological polar surface area (TPSA) is 45.8 Å². The Bertz CT molecular complexity index is 826. The lowest BCUT2D eigenvalue weighted by Gasteiger charge is -2.04. The van der Waals surface area contributed by atoms with Crippen molar-refractivity contribution >= 4 is 51.6 Å². The Morgan fingerprint density at radius 1 is 1.05 bits per heavy atom. The van der Waals surface area contributed by atoms with Crippen molar-refractivity contribution in [3.63, 3.8) is 0 Å². The molecule has 0 unspecified atom stereocenters. The zero-order valence-corrected chi connectivity index (χ0v) is 12.2. The largest absolute Gasteiger partial charge is 0.345 e. The van der Waals surface area contributed by atoms with Crippen molar-refractivity contribution in [2.24, 2.45) is 0 Å². The molecule has 3 aromatic rings. The number of hydrogen-bond donors (Lipinski definition) is 1. The van der Waals surface area contributed by atoms with E-state index in [-0.39, 0.29) is 5.78 Å². The number of halogens is 3. The molecule has 1 aromatic carbocycles. The van der Waals surface area contributed by atoms with Crippen LogP contribution in [0.1, 0.15) is 15.9 Å². The minimum absolute atomic E-state index is 0.251. The van der Waals surface area contributed by atoms with Crippen molar-refractivity contribution in [2.45, 2.75) is 0 Å². The number of benzene rings is 1. The van der Waals surface area contributed by atoms with Gasteiger partial charge in [-0.2, -0.15) is 0 Å². The number of pyridine rings is 1. The van der Waals surface area contributed by atoms with Gasteiger partial charge in [-0.3, -0.25) is 4.79 Å². The van der Waals surface area contributed by atoms with Crippen LogP contribution in [-0.2, 0) is 0 Å². The van der Waals surface area contributed by atoms with Gasteiger partial charge >= 0.3 is 0 Å². The molecule has 0 aliphatic heterocycles. The Labute approximate surface area is 129 Å². The Morgan fingerprint density at radius 3 is 2.65 bits per heavy atom. The minimum Gasteiger partial charge on any atom is -0.345 e. The van der Waals surface area contributed by atoms with E-state index >= 15 is 0 Å². The summed E-state index contributed by atoms with van der Waals surface area (Å²) < 4.78 is 0. The molecule has 0 atom stereocenters. The van der Waals surface area contributed by atoms with Crippen LogP contribution in [0.15, 0.2) is 36.7 Å². The molecule has 3 rings (SSSR count). The molecule has 0 fully saturated rings. The van der Waals surface area contributed by atoms with Gasteiger partial charge in [0.25, 0.3) is 0 Å². The molecule has 0 saturated heterocycles. The zero-order valence-electron chi connectivity index (χ0n) is 9.95.